The number of aliphatic hydroxyl groups is 2. The zero-order valence-corrected chi connectivity index (χ0v) is 23.5. The molecule has 2 aromatic heterocycles. The van der Waals surface area contributed by atoms with Crippen LogP contribution in [0.4, 0.5) is 0 Å². The second-order valence-corrected chi connectivity index (χ2v) is 10.4. The summed E-state index contributed by atoms with van der Waals surface area (Å²) in [7, 11) is -16.7. The van der Waals surface area contributed by atoms with Crippen LogP contribution in [-0.4, -0.2) is 133 Å². The molecule has 2 aromatic rings. The summed E-state index contributed by atoms with van der Waals surface area (Å²) in [6, 6.07) is 0. The molecule has 1 aliphatic heterocycles. The standard InChI is InChI=1S/C10H15N4O14P3.2Na/c15-6-4(1-25-30(21,22)28-31(23,24)27-29(18,19)20)26-10(7(6)16)14-3-13-5-8(14)11-2-12-9(5)17;;/h2-4,6-7,10,15-16H,1H2,(H,21,22)(H,23,24)(H,11,12,17)(H2,18,19,20);;/t4-,6-,7-,10-;;/m1../s1. The van der Waals surface area contributed by atoms with E-state index in [1.807, 2.05) is 0 Å². The van der Waals surface area contributed by atoms with Crippen molar-refractivity contribution in [2.75, 3.05) is 6.61 Å². The number of phosphoric acid groups is 3. The fourth-order valence-electron chi connectivity index (χ4n) is 2.62. The molecule has 1 saturated heterocycles. The van der Waals surface area contributed by atoms with Crippen LogP contribution in [0.1, 0.15) is 6.23 Å². The average Bonchev–Trinajstić information content (AvgIpc) is 3.13. The van der Waals surface area contributed by atoms with Gasteiger partial charge in [-0.1, -0.05) is 0 Å². The molecule has 3 rings (SSSR count). The third kappa shape index (κ3) is 8.06. The van der Waals surface area contributed by atoms with E-state index in [0.29, 0.717) is 0 Å². The van der Waals surface area contributed by atoms with Gasteiger partial charge in [0.1, 0.15) is 18.3 Å². The third-order valence-electron chi connectivity index (χ3n) is 3.79. The van der Waals surface area contributed by atoms with Crippen molar-refractivity contribution in [2.24, 2.45) is 0 Å². The number of aliphatic hydroxyl groups excluding tert-OH is 2. The molecule has 23 heteroatoms. The number of nitrogens with one attached hydrogen (secondary N) is 1. The number of phosphoric ester groups is 1. The van der Waals surface area contributed by atoms with Crippen LogP contribution in [0.25, 0.3) is 11.2 Å². The Morgan fingerprint density at radius 1 is 1.03 bits per heavy atom. The van der Waals surface area contributed by atoms with Gasteiger partial charge < -0.3 is 39.5 Å². The molecule has 1 fully saturated rings. The summed E-state index contributed by atoms with van der Waals surface area (Å²) in [5, 5.41) is 20.3. The van der Waals surface area contributed by atoms with Crippen molar-refractivity contribution in [1.82, 2.24) is 19.5 Å². The van der Waals surface area contributed by atoms with Crippen molar-refractivity contribution in [2.45, 2.75) is 24.5 Å². The van der Waals surface area contributed by atoms with Crippen LogP contribution in [0.5, 0.6) is 0 Å². The van der Waals surface area contributed by atoms with Gasteiger partial charge in [0.25, 0.3) is 5.56 Å². The van der Waals surface area contributed by atoms with E-state index in [1.54, 1.807) is 0 Å². The second kappa shape index (κ2) is 11.8. The predicted octanol–water partition coefficient (Wildman–Crippen LogP) is -2.68. The molecule has 3 heterocycles. The van der Waals surface area contributed by atoms with E-state index in [4.69, 9.17) is 19.4 Å². The number of hydrogen-bond acceptors (Lipinski definition) is 12. The monoisotopic (exact) mass is 554 g/mol. The van der Waals surface area contributed by atoms with E-state index in [2.05, 4.69) is 28.1 Å². The Bertz CT molecular complexity index is 1170. The largest absolute Gasteiger partial charge is 0.490 e. The number of fused-ring (bicyclic) bond motifs is 1. The van der Waals surface area contributed by atoms with Crippen LogP contribution in [0.15, 0.2) is 17.4 Å². The smallest absolute Gasteiger partial charge is 0.387 e. The number of ether oxygens (including phenoxy) is 1. The summed E-state index contributed by atoms with van der Waals surface area (Å²) in [5.74, 6) is 0. The van der Waals surface area contributed by atoms with Crippen LogP contribution in [0.3, 0.4) is 0 Å². The minimum Gasteiger partial charge on any atom is -0.387 e. The quantitative estimate of drug-likeness (QED) is 0.129. The summed E-state index contributed by atoms with van der Waals surface area (Å²) in [6.07, 6.45) is -4.05. The Morgan fingerprint density at radius 3 is 2.27 bits per heavy atom. The first-order valence-electron chi connectivity index (χ1n) is 7.89. The van der Waals surface area contributed by atoms with Gasteiger partial charge in [-0.05, 0) is 0 Å². The second-order valence-electron chi connectivity index (χ2n) is 5.99. The van der Waals surface area contributed by atoms with E-state index >= 15 is 0 Å². The number of nitrogens with zero attached hydrogens (tertiary/aromatic N) is 3. The molecule has 0 aliphatic carbocycles. The van der Waals surface area contributed by atoms with Gasteiger partial charge in [-0.3, -0.25) is 13.9 Å². The maximum atomic E-state index is 11.8. The number of hydrogen-bond donors (Lipinski definition) is 7. The molecule has 2 radical (unpaired) electrons. The Labute approximate surface area is 227 Å². The maximum Gasteiger partial charge on any atom is 0.490 e. The van der Waals surface area contributed by atoms with Gasteiger partial charge in [-0.25, -0.2) is 23.7 Å². The summed E-state index contributed by atoms with van der Waals surface area (Å²) < 4.78 is 51.6. The minimum absolute atomic E-state index is 0. The fourth-order valence-corrected chi connectivity index (χ4v) is 5.65. The van der Waals surface area contributed by atoms with Crippen molar-refractivity contribution in [1.29, 1.82) is 0 Å². The molecular formula is C10H15N4Na2O14P3. The van der Waals surface area contributed by atoms with Crippen LogP contribution >= 0.6 is 23.5 Å². The van der Waals surface area contributed by atoms with E-state index < -0.39 is 60.2 Å². The first-order chi connectivity index (χ1) is 14.2. The maximum absolute atomic E-state index is 11.8. The molecule has 0 saturated carbocycles. The Balaban J connectivity index is 0.00000272. The summed E-state index contributed by atoms with van der Waals surface area (Å²) >= 11 is 0. The Kier molecular flexibility index (Phi) is 11.3. The molecule has 33 heavy (non-hydrogen) atoms. The zero-order chi connectivity index (χ0) is 23.2. The summed E-state index contributed by atoms with van der Waals surface area (Å²) in [6.45, 7) is -0.987. The van der Waals surface area contributed by atoms with Crippen molar-refractivity contribution < 1.29 is 61.4 Å². The summed E-state index contributed by atoms with van der Waals surface area (Å²) in [5.41, 5.74) is -0.681. The molecule has 0 aromatic carbocycles. The summed E-state index contributed by atoms with van der Waals surface area (Å²) in [4.78, 5) is 57.2. The van der Waals surface area contributed by atoms with Crippen molar-refractivity contribution in [3.63, 3.8) is 0 Å². The molecule has 0 amide bonds. The Hall–Kier alpha value is 0.640. The molecule has 2 unspecified atom stereocenters. The molecule has 6 atom stereocenters. The Morgan fingerprint density at radius 2 is 1.67 bits per heavy atom. The molecule has 176 valence electrons. The molecule has 0 bridgehead atoms. The minimum atomic E-state index is -5.72. The van der Waals surface area contributed by atoms with Crippen molar-refractivity contribution in [3.8, 4) is 0 Å². The third-order valence-corrected chi connectivity index (χ3v) is 7.60. The SMILES string of the molecule is O=c1[nH]cnc2c1ncn2[C@@H]1O[C@H](COP(=O)(O)OP(=O)(O)OP(=O)(O)O)[C@@H](O)[C@H]1O.[Na].[Na]. The zero-order valence-electron chi connectivity index (χ0n) is 16.8. The normalized spacial score (nSPS) is 26.7. The fraction of sp³-hybridized carbons (Fsp3) is 0.500. The van der Waals surface area contributed by atoms with Crippen LogP contribution in [-0.2, 0) is 31.6 Å². The van der Waals surface area contributed by atoms with E-state index in [-0.39, 0.29) is 70.3 Å². The molecular weight excluding hydrogens is 539 g/mol. The van der Waals surface area contributed by atoms with Gasteiger partial charge in [-0.2, -0.15) is 8.62 Å². The topological polar surface area (TPSA) is 273 Å². The van der Waals surface area contributed by atoms with Gasteiger partial charge in [-0.15, -0.1) is 0 Å². The number of aromatic nitrogens is 4. The van der Waals surface area contributed by atoms with E-state index in [1.165, 1.54) is 0 Å². The van der Waals surface area contributed by atoms with Gasteiger partial charge >= 0.3 is 23.5 Å². The molecule has 1 aliphatic rings. The number of aromatic amines is 1. The number of imidazole rings is 1. The van der Waals surface area contributed by atoms with Gasteiger partial charge in [0.15, 0.2) is 17.4 Å². The van der Waals surface area contributed by atoms with Gasteiger partial charge in [0.05, 0.1) is 19.3 Å². The van der Waals surface area contributed by atoms with Crippen molar-refractivity contribution >= 4 is 93.7 Å². The first kappa shape index (κ1) is 31.7. The molecule has 0 spiro atoms. The van der Waals surface area contributed by atoms with Crippen LogP contribution in [0, 0.1) is 0 Å². The van der Waals surface area contributed by atoms with Crippen LogP contribution in [0.2, 0.25) is 0 Å². The van der Waals surface area contributed by atoms with E-state index in [9.17, 15) is 33.6 Å². The van der Waals surface area contributed by atoms with Crippen molar-refractivity contribution in [3.05, 3.63) is 23.0 Å². The van der Waals surface area contributed by atoms with Gasteiger partial charge in [0, 0.05) is 59.1 Å². The van der Waals surface area contributed by atoms with Crippen LogP contribution < -0.4 is 5.56 Å². The number of rotatable bonds is 8. The van der Waals surface area contributed by atoms with Gasteiger partial charge in [0.2, 0.25) is 0 Å². The predicted molar refractivity (Wildman–Crippen MR) is 105 cm³/mol. The number of H-pyrrole nitrogens is 1. The first-order valence-corrected chi connectivity index (χ1v) is 12.4. The average molecular weight is 554 g/mol. The molecule has 7 N–H and O–H groups in total. The molecule has 18 nitrogen and oxygen atoms in total. The van der Waals surface area contributed by atoms with E-state index in [0.717, 1.165) is 17.2 Å².